The highest BCUT2D eigenvalue weighted by Gasteiger charge is 2.32. The maximum atomic E-state index is 14.3. The van der Waals surface area contributed by atoms with Crippen LogP contribution in [0.1, 0.15) is 123 Å². The topological polar surface area (TPSA) is 278 Å². The Bertz CT molecular complexity index is 2080. The number of carbonyl (C=O) groups excluding carboxylic acids is 8. The first-order valence-electron chi connectivity index (χ1n) is 22.6. The van der Waals surface area contributed by atoms with Gasteiger partial charge in [-0.05, 0) is 69.9 Å². The molecule has 6 atom stereocenters. The second-order valence-corrected chi connectivity index (χ2v) is 17.4. The summed E-state index contributed by atoms with van der Waals surface area (Å²) in [7, 11) is 0. The number of hydrogen-bond donors (Lipinski definition) is 8. The van der Waals surface area contributed by atoms with E-state index in [-0.39, 0.29) is 68.3 Å². The second-order valence-electron chi connectivity index (χ2n) is 17.4. The predicted molar refractivity (Wildman–Crippen MR) is 243 cm³/mol. The summed E-state index contributed by atoms with van der Waals surface area (Å²) in [5.74, 6) is -5.75. The molecule has 0 aliphatic rings. The summed E-state index contributed by atoms with van der Waals surface area (Å²) in [6.45, 7) is 9.84. The molecule has 8 N–H and O–H groups in total. The van der Waals surface area contributed by atoms with Crippen molar-refractivity contribution in [2.75, 3.05) is 6.54 Å². The first-order valence-corrected chi connectivity index (χ1v) is 22.6. The number of aromatic nitrogens is 3. The maximum Gasteiger partial charge on any atom is 0.304 e. The molecule has 2 heterocycles. The molecule has 65 heavy (non-hydrogen) atoms. The number of benzene rings is 1. The Balaban J connectivity index is 1.71. The van der Waals surface area contributed by atoms with Crippen molar-refractivity contribution in [1.82, 2.24) is 41.5 Å². The van der Waals surface area contributed by atoms with Crippen LogP contribution in [0.15, 0.2) is 43.0 Å². The number of amides is 5. The second kappa shape index (κ2) is 27.2. The van der Waals surface area contributed by atoms with Crippen LogP contribution in [0.2, 0.25) is 0 Å². The van der Waals surface area contributed by atoms with Crippen molar-refractivity contribution in [3.05, 3.63) is 54.2 Å². The highest BCUT2D eigenvalue weighted by Crippen LogP contribution is 2.21. The third-order valence-electron chi connectivity index (χ3n) is 11.2. The standard InChI is InChI=1S/C47H68N8O10/c1-7-36(52-44(62)32(22-42(59)60)16-10-9-15-30(5)56)41(58)19-13-8-14-29(4)43(61)53-39(21-33-25-49-37-18-12-11-17-35(33)37)46(64)55-40(23-34-26-48-27-51-34)47(65)54-38(20-28(2)3)45(63)50-24-31(6)57/h11-12,17-18,25-29,32,36,38-40,49H,7-10,13-16,19-24H2,1-6H3,(H,48,51)(H,50,63)(H,52,62)(H,53,61)(H,54,65)(H,55,64)(H,59,60)/t29-,32+,36+,38+,39+,40+/m1/s1. The summed E-state index contributed by atoms with van der Waals surface area (Å²) in [4.78, 5) is 126. The van der Waals surface area contributed by atoms with Crippen LogP contribution in [-0.2, 0) is 56.0 Å². The monoisotopic (exact) mass is 905 g/mol. The number of aliphatic carboxylic acids is 1. The zero-order chi connectivity index (χ0) is 48.1. The molecule has 0 unspecified atom stereocenters. The number of nitrogens with zero attached hydrogens (tertiary/aromatic N) is 1. The predicted octanol–water partition coefficient (Wildman–Crippen LogP) is 3.78. The Morgan fingerprint density at radius 3 is 1.95 bits per heavy atom. The fourth-order valence-corrected chi connectivity index (χ4v) is 7.51. The van der Waals surface area contributed by atoms with Crippen LogP contribution >= 0.6 is 0 Å². The minimum absolute atomic E-state index is 0.00533. The molecule has 0 aliphatic heterocycles. The van der Waals surface area contributed by atoms with E-state index in [2.05, 4.69) is 41.5 Å². The third-order valence-corrected chi connectivity index (χ3v) is 11.2. The Morgan fingerprint density at radius 2 is 1.32 bits per heavy atom. The van der Waals surface area contributed by atoms with E-state index in [1.165, 1.54) is 26.4 Å². The van der Waals surface area contributed by atoms with Crippen molar-refractivity contribution in [3.63, 3.8) is 0 Å². The van der Waals surface area contributed by atoms with E-state index in [0.717, 1.165) is 16.5 Å². The molecule has 0 fully saturated rings. The molecule has 0 aliphatic carbocycles. The van der Waals surface area contributed by atoms with Crippen LogP contribution in [0, 0.1) is 17.8 Å². The van der Waals surface area contributed by atoms with Crippen LogP contribution in [0.5, 0.6) is 0 Å². The molecule has 3 aromatic rings. The summed E-state index contributed by atoms with van der Waals surface area (Å²) in [6, 6.07) is 3.37. The van der Waals surface area contributed by atoms with Crippen molar-refractivity contribution in [2.24, 2.45) is 17.8 Å². The maximum absolute atomic E-state index is 14.3. The van der Waals surface area contributed by atoms with Crippen LogP contribution in [-0.4, -0.2) is 104 Å². The first-order chi connectivity index (χ1) is 30.9. The van der Waals surface area contributed by atoms with E-state index < -0.39 is 71.5 Å². The lowest BCUT2D eigenvalue weighted by Gasteiger charge is -2.26. The van der Waals surface area contributed by atoms with Crippen LogP contribution in [0.25, 0.3) is 10.9 Å². The number of imidazole rings is 1. The number of fused-ring (bicyclic) bond motifs is 1. The smallest absolute Gasteiger partial charge is 0.304 e. The van der Waals surface area contributed by atoms with Gasteiger partial charge in [-0.15, -0.1) is 0 Å². The normalized spacial score (nSPS) is 14.0. The Kier molecular flexibility index (Phi) is 22.2. The summed E-state index contributed by atoms with van der Waals surface area (Å²) in [6.07, 6.45) is 8.02. The lowest BCUT2D eigenvalue weighted by atomic mass is 9.95. The molecule has 356 valence electrons. The van der Waals surface area contributed by atoms with Gasteiger partial charge in [0.25, 0.3) is 0 Å². The number of carboxylic acids is 1. The van der Waals surface area contributed by atoms with E-state index in [4.69, 9.17) is 0 Å². The van der Waals surface area contributed by atoms with Gasteiger partial charge in [0.05, 0.1) is 25.3 Å². The van der Waals surface area contributed by atoms with E-state index in [0.29, 0.717) is 50.6 Å². The van der Waals surface area contributed by atoms with Gasteiger partial charge in [0, 0.05) is 66.5 Å². The summed E-state index contributed by atoms with van der Waals surface area (Å²) >= 11 is 0. The molecule has 5 amide bonds. The molecule has 0 spiro atoms. The quantitative estimate of drug-likeness (QED) is 0.0430. The minimum atomic E-state index is -1.20. The molecule has 0 radical (unpaired) electrons. The molecular formula is C47H68N8O10. The van der Waals surface area contributed by atoms with Gasteiger partial charge in [-0.3, -0.25) is 38.4 Å². The summed E-state index contributed by atoms with van der Waals surface area (Å²) in [5, 5.41) is 24.0. The molecule has 2 aromatic heterocycles. The largest absolute Gasteiger partial charge is 0.481 e. The van der Waals surface area contributed by atoms with Crippen molar-refractivity contribution in [3.8, 4) is 0 Å². The number of H-pyrrole nitrogens is 2. The van der Waals surface area contributed by atoms with Crippen LogP contribution in [0.3, 0.4) is 0 Å². The number of carbonyl (C=O) groups is 9. The number of para-hydroxylation sites is 1. The molecule has 18 nitrogen and oxygen atoms in total. The number of ketones is 3. The van der Waals surface area contributed by atoms with Gasteiger partial charge < -0.3 is 46.5 Å². The minimum Gasteiger partial charge on any atom is -0.481 e. The van der Waals surface area contributed by atoms with Gasteiger partial charge in [-0.25, -0.2) is 4.98 Å². The fraction of sp³-hybridized carbons (Fsp3) is 0.574. The zero-order valence-corrected chi connectivity index (χ0v) is 38.6. The van der Waals surface area contributed by atoms with Crippen molar-refractivity contribution in [1.29, 1.82) is 0 Å². The lowest BCUT2D eigenvalue weighted by molar-refractivity contribution is -0.141. The molecule has 3 rings (SSSR count). The van der Waals surface area contributed by atoms with Crippen molar-refractivity contribution >= 4 is 63.8 Å². The van der Waals surface area contributed by atoms with Gasteiger partial charge in [0.15, 0.2) is 5.78 Å². The molecule has 18 heteroatoms. The Labute approximate surface area is 380 Å². The Hall–Kier alpha value is -6.20. The Morgan fingerprint density at radius 1 is 0.692 bits per heavy atom. The number of unbranched alkanes of at least 4 members (excludes halogenated alkanes) is 2. The lowest BCUT2D eigenvalue weighted by Crippen LogP contribution is -2.58. The molecule has 0 saturated carbocycles. The first kappa shape index (κ1) is 53.1. The highest BCUT2D eigenvalue weighted by molar-refractivity contribution is 5.96. The number of Topliss-reactive ketones (excluding diaryl/α,β-unsaturated/α-hetero) is 3. The van der Waals surface area contributed by atoms with Gasteiger partial charge in [-0.1, -0.05) is 58.7 Å². The van der Waals surface area contributed by atoms with Gasteiger partial charge in [0.1, 0.15) is 29.7 Å². The highest BCUT2D eigenvalue weighted by atomic mass is 16.4. The summed E-state index contributed by atoms with van der Waals surface area (Å²) < 4.78 is 0. The van der Waals surface area contributed by atoms with Gasteiger partial charge >= 0.3 is 5.97 Å². The van der Waals surface area contributed by atoms with E-state index in [1.54, 1.807) is 20.0 Å². The third kappa shape index (κ3) is 18.8. The molecular weight excluding hydrogens is 837 g/mol. The van der Waals surface area contributed by atoms with Crippen molar-refractivity contribution < 1.29 is 48.3 Å². The van der Waals surface area contributed by atoms with E-state index in [1.807, 2.05) is 38.1 Å². The van der Waals surface area contributed by atoms with E-state index in [9.17, 15) is 48.3 Å². The number of aromatic amines is 2. The van der Waals surface area contributed by atoms with Gasteiger partial charge in [0.2, 0.25) is 29.5 Å². The average molecular weight is 905 g/mol. The van der Waals surface area contributed by atoms with Crippen molar-refractivity contribution in [2.45, 2.75) is 149 Å². The zero-order valence-electron chi connectivity index (χ0n) is 38.6. The van der Waals surface area contributed by atoms with Crippen LogP contribution < -0.4 is 26.6 Å². The number of nitrogens with one attached hydrogen (secondary N) is 7. The van der Waals surface area contributed by atoms with Gasteiger partial charge in [-0.2, -0.15) is 0 Å². The SMILES string of the molecule is CC[C@H](NC(=O)[C@@H](CCCCC(C)=O)CC(=O)O)C(=O)CCCC[C@@H](C)C(=O)N[C@@H](Cc1c[nH]c2ccccc12)C(=O)N[C@@H](Cc1cnc[nH]1)C(=O)N[C@@H](CC(C)C)C(=O)NCC(C)=O. The molecule has 0 saturated heterocycles. The number of rotatable bonds is 31. The van der Waals surface area contributed by atoms with E-state index >= 15 is 0 Å². The molecule has 0 bridgehead atoms. The average Bonchev–Trinajstić information content (AvgIpc) is 3.93. The molecule has 1 aromatic carbocycles. The number of hydrogen-bond acceptors (Lipinski definition) is 10. The fourth-order valence-electron chi connectivity index (χ4n) is 7.51. The van der Waals surface area contributed by atoms with Crippen LogP contribution in [0.4, 0.5) is 0 Å². The number of carboxylic acid groups (broad SMARTS) is 1. The summed E-state index contributed by atoms with van der Waals surface area (Å²) in [5.41, 5.74) is 2.11.